The Labute approximate surface area is 118 Å². The van der Waals surface area contributed by atoms with Crippen molar-refractivity contribution in [1.29, 1.82) is 0 Å². The maximum absolute atomic E-state index is 12.0. The minimum Gasteiger partial charge on any atom is -0.335 e. The van der Waals surface area contributed by atoms with E-state index in [1.54, 1.807) is 6.92 Å². The van der Waals surface area contributed by atoms with Gasteiger partial charge in [0.1, 0.15) is 0 Å². The lowest BCUT2D eigenvalue weighted by Gasteiger charge is -2.25. The first-order valence-electron chi connectivity index (χ1n) is 6.50. The molecule has 2 atom stereocenters. The molecular formula is C15H19NO2S. The van der Waals surface area contributed by atoms with E-state index in [1.807, 2.05) is 11.8 Å². The molecule has 1 amide bonds. The van der Waals surface area contributed by atoms with Crippen molar-refractivity contribution in [3.05, 3.63) is 35.4 Å². The number of carbonyl (C=O) groups is 2. The molecule has 19 heavy (non-hydrogen) atoms. The molecule has 1 aliphatic rings. The first-order valence-corrected chi connectivity index (χ1v) is 7.38. The minimum atomic E-state index is 0.0747. The quantitative estimate of drug-likeness (QED) is 0.852. The molecule has 0 aliphatic carbocycles. The number of aryl methyl sites for hydroxylation is 1. The van der Waals surface area contributed by atoms with Gasteiger partial charge in [-0.2, -0.15) is 0 Å². The molecule has 1 saturated heterocycles. The van der Waals surface area contributed by atoms with Gasteiger partial charge in [0.25, 0.3) is 0 Å². The maximum atomic E-state index is 12.0. The monoisotopic (exact) mass is 277 g/mol. The molecule has 0 bridgehead atoms. The van der Waals surface area contributed by atoms with Crippen molar-refractivity contribution in [3.63, 3.8) is 0 Å². The number of amides is 1. The third kappa shape index (κ3) is 3.38. The van der Waals surface area contributed by atoms with Crippen LogP contribution in [-0.2, 0) is 9.59 Å². The molecule has 4 heteroatoms. The number of likely N-dealkylation sites (tertiary alicyclic amines) is 1. The Bertz CT molecular complexity index is 483. The molecule has 1 aromatic carbocycles. The standard InChI is InChI=1S/C15H19NO2S/c1-10-4-6-13(7-5-10)11(2)16-9-14(8-15(16)18)19-12(3)17/h4-7,11,14H,8-9H2,1-3H3. The van der Waals surface area contributed by atoms with Crippen molar-refractivity contribution in [2.75, 3.05) is 6.54 Å². The van der Waals surface area contributed by atoms with Crippen molar-refractivity contribution < 1.29 is 9.59 Å². The van der Waals surface area contributed by atoms with E-state index in [1.165, 1.54) is 17.3 Å². The third-order valence-corrected chi connectivity index (χ3v) is 4.46. The number of thioether (sulfide) groups is 1. The summed E-state index contributed by atoms with van der Waals surface area (Å²) in [7, 11) is 0. The smallest absolute Gasteiger partial charge is 0.224 e. The molecule has 2 unspecified atom stereocenters. The summed E-state index contributed by atoms with van der Waals surface area (Å²) in [6, 6.07) is 8.34. The molecule has 1 aliphatic heterocycles. The average molecular weight is 277 g/mol. The fraction of sp³-hybridized carbons (Fsp3) is 0.467. The number of hydrogen-bond acceptors (Lipinski definition) is 3. The molecule has 1 aromatic rings. The summed E-state index contributed by atoms with van der Waals surface area (Å²) in [4.78, 5) is 25.1. The Morgan fingerprint density at radius 3 is 2.58 bits per heavy atom. The molecule has 0 N–H and O–H groups in total. The summed E-state index contributed by atoms with van der Waals surface area (Å²) >= 11 is 1.28. The zero-order chi connectivity index (χ0) is 14.0. The van der Waals surface area contributed by atoms with Gasteiger partial charge < -0.3 is 4.90 Å². The first-order chi connectivity index (χ1) is 8.97. The molecule has 0 radical (unpaired) electrons. The topological polar surface area (TPSA) is 37.4 Å². The molecule has 0 saturated carbocycles. The van der Waals surface area contributed by atoms with E-state index >= 15 is 0 Å². The molecule has 0 aromatic heterocycles. The van der Waals surface area contributed by atoms with E-state index < -0.39 is 0 Å². The van der Waals surface area contributed by atoms with E-state index in [-0.39, 0.29) is 22.3 Å². The Balaban J connectivity index is 2.07. The Morgan fingerprint density at radius 1 is 1.37 bits per heavy atom. The Morgan fingerprint density at radius 2 is 2.00 bits per heavy atom. The second-order valence-electron chi connectivity index (χ2n) is 5.07. The van der Waals surface area contributed by atoms with Crippen LogP contribution >= 0.6 is 11.8 Å². The van der Waals surface area contributed by atoms with Crippen LogP contribution in [-0.4, -0.2) is 27.7 Å². The second-order valence-corrected chi connectivity index (χ2v) is 6.55. The second kappa shape index (κ2) is 5.78. The molecular weight excluding hydrogens is 258 g/mol. The van der Waals surface area contributed by atoms with Crippen LogP contribution < -0.4 is 0 Å². The van der Waals surface area contributed by atoms with Gasteiger partial charge in [0, 0.05) is 25.1 Å². The zero-order valence-corrected chi connectivity index (χ0v) is 12.4. The molecule has 1 fully saturated rings. The number of rotatable bonds is 3. The summed E-state index contributed by atoms with van der Waals surface area (Å²) in [5, 5.41) is 0.195. The van der Waals surface area contributed by atoms with Gasteiger partial charge in [-0.15, -0.1) is 0 Å². The van der Waals surface area contributed by atoms with Gasteiger partial charge in [-0.05, 0) is 19.4 Å². The summed E-state index contributed by atoms with van der Waals surface area (Å²) in [5.41, 5.74) is 2.36. The van der Waals surface area contributed by atoms with Crippen LogP contribution in [0.1, 0.15) is 37.4 Å². The fourth-order valence-corrected chi connectivity index (χ4v) is 3.34. The van der Waals surface area contributed by atoms with Crippen molar-refractivity contribution >= 4 is 22.8 Å². The van der Waals surface area contributed by atoms with E-state index in [0.29, 0.717) is 13.0 Å². The van der Waals surface area contributed by atoms with Crippen LogP contribution in [0.4, 0.5) is 0 Å². The van der Waals surface area contributed by atoms with E-state index in [4.69, 9.17) is 0 Å². The van der Waals surface area contributed by atoms with Crippen LogP contribution in [0, 0.1) is 6.92 Å². The van der Waals surface area contributed by atoms with Gasteiger partial charge in [-0.25, -0.2) is 0 Å². The Hall–Kier alpha value is -1.29. The largest absolute Gasteiger partial charge is 0.335 e. The summed E-state index contributed by atoms with van der Waals surface area (Å²) in [6.07, 6.45) is 0.473. The van der Waals surface area contributed by atoms with Crippen LogP contribution in [0.25, 0.3) is 0 Å². The number of hydrogen-bond donors (Lipinski definition) is 0. The highest BCUT2D eigenvalue weighted by Crippen LogP contribution is 2.31. The summed E-state index contributed by atoms with van der Waals surface area (Å²) < 4.78 is 0. The third-order valence-electron chi connectivity index (χ3n) is 3.48. The lowest BCUT2D eigenvalue weighted by Crippen LogP contribution is -2.28. The van der Waals surface area contributed by atoms with Crippen LogP contribution in [0.15, 0.2) is 24.3 Å². The zero-order valence-electron chi connectivity index (χ0n) is 11.6. The molecule has 2 rings (SSSR count). The van der Waals surface area contributed by atoms with Gasteiger partial charge in [0.15, 0.2) is 5.12 Å². The van der Waals surface area contributed by atoms with Crippen LogP contribution in [0.5, 0.6) is 0 Å². The lowest BCUT2D eigenvalue weighted by atomic mass is 10.1. The predicted octanol–water partition coefficient (Wildman–Crippen LogP) is 2.94. The van der Waals surface area contributed by atoms with Gasteiger partial charge in [0.05, 0.1) is 6.04 Å². The highest BCUT2D eigenvalue weighted by molar-refractivity contribution is 8.14. The van der Waals surface area contributed by atoms with Crippen LogP contribution in [0.2, 0.25) is 0 Å². The lowest BCUT2D eigenvalue weighted by molar-refractivity contribution is -0.129. The average Bonchev–Trinajstić information content (AvgIpc) is 2.69. The molecule has 102 valence electrons. The summed E-state index contributed by atoms with van der Waals surface area (Å²) in [6.45, 7) is 6.32. The number of nitrogens with zero attached hydrogens (tertiary/aromatic N) is 1. The van der Waals surface area contributed by atoms with Crippen molar-refractivity contribution in [2.45, 2.75) is 38.5 Å². The highest BCUT2D eigenvalue weighted by Gasteiger charge is 2.34. The van der Waals surface area contributed by atoms with Crippen molar-refractivity contribution in [1.82, 2.24) is 4.90 Å². The SMILES string of the molecule is CC(=O)SC1CC(=O)N(C(C)c2ccc(C)cc2)C1. The van der Waals surface area contributed by atoms with Gasteiger partial charge >= 0.3 is 0 Å². The maximum Gasteiger partial charge on any atom is 0.224 e. The van der Waals surface area contributed by atoms with Crippen molar-refractivity contribution in [3.8, 4) is 0 Å². The van der Waals surface area contributed by atoms with Gasteiger partial charge in [-0.3, -0.25) is 9.59 Å². The minimum absolute atomic E-state index is 0.0747. The Kier molecular flexibility index (Phi) is 4.30. The van der Waals surface area contributed by atoms with E-state index in [2.05, 4.69) is 31.2 Å². The van der Waals surface area contributed by atoms with Crippen molar-refractivity contribution in [2.24, 2.45) is 0 Å². The normalized spacial score (nSPS) is 20.7. The fourth-order valence-electron chi connectivity index (χ4n) is 2.41. The molecule has 1 heterocycles. The first kappa shape index (κ1) is 14.1. The predicted molar refractivity (Wildman–Crippen MR) is 78.0 cm³/mol. The molecule has 0 spiro atoms. The highest BCUT2D eigenvalue weighted by atomic mass is 32.2. The number of carbonyl (C=O) groups excluding carboxylic acids is 2. The van der Waals surface area contributed by atoms with Crippen LogP contribution in [0.3, 0.4) is 0 Å². The number of benzene rings is 1. The molecule has 3 nitrogen and oxygen atoms in total. The van der Waals surface area contributed by atoms with Gasteiger partial charge in [-0.1, -0.05) is 41.6 Å². The summed E-state index contributed by atoms with van der Waals surface area (Å²) in [5.74, 6) is 0.145. The van der Waals surface area contributed by atoms with Gasteiger partial charge in [0.2, 0.25) is 5.91 Å². The van der Waals surface area contributed by atoms with E-state index in [9.17, 15) is 9.59 Å². The van der Waals surface area contributed by atoms with E-state index in [0.717, 1.165) is 5.56 Å².